The van der Waals surface area contributed by atoms with Crippen LogP contribution in [0.3, 0.4) is 0 Å². The summed E-state index contributed by atoms with van der Waals surface area (Å²) in [4.78, 5) is 37.5. The molecule has 0 radical (unpaired) electrons. The van der Waals surface area contributed by atoms with E-state index in [0.29, 0.717) is 0 Å². The van der Waals surface area contributed by atoms with Crippen molar-refractivity contribution in [2.75, 3.05) is 6.61 Å². The zero-order chi connectivity index (χ0) is 27.1. The minimum absolute atomic E-state index is 0.0835. The second-order valence-corrected chi connectivity index (χ2v) is 9.26. The van der Waals surface area contributed by atoms with Crippen LogP contribution in [0.1, 0.15) is 42.9 Å². The number of amides is 2. The van der Waals surface area contributed by atoms with Crippen molar-refractivity contribution in [3.05, 3.63) is 95.6 Å². The van der Waals surface area contributed by atoms with Crippen LogP contribution in [0.15, 0.2) is 78.9 Å². The number of carboxylic acid groups (broad SMARTS) is 1. The number of carbonyl (C=O) groups excluding carboxylic acids is 2. The van der Waals surface area contributed by atoms with E-state index in [1.54, 1.807) is 13.8 Å². The van der Waals surface area contributed by atoms with Crippen molar-refractivity contribution in [1.29, 1.82) is 0 Å². The molecule has 4 rings (SSSR count). The van der Waals surface area contributed by atoms with Crippen molar-refractivity contribution in [3.8, 4) is 11.1 Å². The minimum atomic E-state index is -1.16. The van der Waals surface area contributed by atoms with Crippen LogP contribution in [0.4, 0.5) is 4.79 Å². The van der Waals surface area contributed by atoms with Gasteiger partial charge in [-0.15, -0.1) is 0 Å². The molecular formula is C30H32N2O6. The third-order valence-electron chi connectivity index (χ3n) is 6.75. The van der Waals surface area contributed by atoms with Crippen molar-refractivity contribution in [2.45, 2.75) is 51.0 Å². The van der Waals surface area contributed by atoms with Crippen LogP contribution in [0.25, 0.3) is 11.1 Å². The van der Waals surface area contributed by atoms with E-state index in [-0.39, 0.29) is 25.6 Å². The highest BCUT2D eigenvalue weighted by Crippen LogP contribution is 2.44. The molecule has 8 heteroatoms. The smallest absolute Gasteiger partial charge is 0.407 e. The lowest BCUT2D eigenvalue weighted by Crippen LogP contribution is -2.56. The van der Waals surface area contributed by atoms with Gasteiger partial charge in [0.25, 0.3) is 0 Å². The molecule has 1 aliphatic carbocycles. The number of hydrogen-bond acceptors (Lipinski definition) is 5. The second kappa shape index (κ2) is 12.4. The van der Waals surface area contributed by atoms with Crippen LogP contribution in [0.2, 0.25) is 0 Å². The molecule has 2 amide bonds. The number of aliphatic carboxylic acids is 1. The number of nitrogens with one attached hydrogen (secondary N) is 2. The summed E-state index contributed by atoms with van der Waals surface area (Å²) in [6, 6.07) is 23.2. The molecule has 0 spiro atoms. The number of hydrogen-bond donors (Lipinski definition) is 3. The van der Waals surface area contributed by atoms with Crippen LogP contribution in [-0.4, -0.2) is 47.9 Å². The standard InChI is InChI=1S/C30H32N2O6/c1-3-26(29(34)35)31-28(33)27(19(2)37-17-20-11-5-4-6-12-20)32-30(36)38-18-25-23-15-9-7-13-21(23)22-14-8-10-16-24(22)25/h4-16,19,25-27H,3,17-18H2,1-2H3,(H,31,33)(H,32,36)(H,34,35)/t19-,26-,27+/m0/s1. The maximum Gasteiger partial charge on any atom is 0.407 e. The van der Waals surface area contributed by atoms with Gasteiger partial charge in [0, 0.05) is 5.92 Å². The Morgan fingerprint density at radius 1 is 0.868 bits per heavy atom. The first kappa shape index (κ1) is 26.9. The summed E-state index contributed by atoms with van der Waals surface area (Å²) >= 11 is 0. The SMILES string of the molecule is CC[C@H](NC(=O)[C@H](NC(=O)OCC1c2ccccc2-c2ccccc21)[C@H](C)OCc1ccccc1)C(=O)O. The molecule has 0 aromatic heterocycles. The van der Waals surface area contributed by atoms with E-state index in [1.165, 1.54) is 0 Å². The number of ether oxygens (including phenoxy) is 2. The van der Waals surface area contributed by atoms with Gasteiger partial charge in [0.05, 0.1) is 12.7 Å². The summed E-state index contributed by atoms with van der Waals surface area (Å²) in [6.07, 6.45) is -1.36. The zero-order valence-electron chi connectivity index (χ0n) is 21.4. The molecule has 0 unspecified atom stereocenters. The van der Waals surface area contributed by atoms with E-state index in [4.69, 9.17) is 9.47 Å². The Balaban J connectivity index is 1.45. The Kier molecular flexibility index (Phi) is 8.76. The first-order chi connectivity index (χ1) is 18.4. The van der Waals surface area contributed by atoms with Gasteiger partial charge in [-0.2, -0.15) is 0 Å². The molecule has 0 heterocycles. The number of benzene rings is 3. The topological polar surface area (TPSA) is 114 Å². The molecule has 0 saturated heterocycles. The van der Waals surface area contributed by atoms with Crippen molar-refractivity contribution in [3.63, 3.8) is 0 Å². The number of rotatable bonds is 11. The van der Waals surface area contributed by atoms with Gasteiger partial charge in [-0.25, -0.2) is 9.59 Å². The van der Waals surface area contributed by atoms with Crippen LogP contribution in [0, 0.1) is 0 Å². The first-order valence-electron chi connectivity index (χ1n) is 12.7. The van der Waals surface area contributed by atoms with E-state index in [1.807, 2.05) is 78.9 Å². The fourth-order valence-corrected chi connectivity index (χ4v) is 4.66. The van der Waals surface area contributed by atoms with Gasteiger partial charge in [-0.1, -0.05) is 85.8 Å². The minimum Gasteiger partial charge on any atom is -0.480 e. The molecule has 38 heavy (non-hydrogen) atoms. The lowest BCUT2D eigenvalue weighted by molar-refractivity contribution is -0.142. The van der Waals surface area contributed by atoms with Gasteiger partial charge >= 0.3 is 12.1 Å². The van der Waals surface area contributed by atoms with E-state index in [2.05, 4.69) is 10.6 Å². The third-order valence-corrected chi connectivity index (χ3v) is 6.75. The summed E-state index contributed by atoms with van der Waals surface area (Å²) in [5, 5.41) is 14.5. The molecular weight excluding hydrogens is 484 g/mol. The summed E-state index contributed by atoms with van der Waals surface area (Å²) < 4.78 is 11.5. The molecule has 1 aliphatic rings. The van der Waals surface area contributed by atoms with Gasteiger partial charge < -0.3 is 25.2 Å². The van der Waals surface area contributed by atoms with Gasteiger partial charge in [0.1, 0.15) is 18.7 Å². The summed E-state index contributed by atoms with van der Waals surface area (Å²) in [5.74, 6) is -1.95. The van der Waals surface area contributed by atoms with Gasteiger partial charge in [-0.05, 0) is 41.2 Å². The van der Waals surface area contributed by atoms with E-state index in [9.17, 15) is 19.5 Å². The fraction of sp³-hybridized carbons (Fsp3) is 0.300. The Morgan fingerprint density at radius 3 is 2.03 bits per heavy atom. The van der Waals surface area contributed by atoms with Crippen molar-refractivity contribution >= 4 is 18.0 Å². The molecule has 0 bridgehead atoms. The molecule has 0 saturated carbocycles. The predicted octanol–water partition coefficient (Wildman–Crippen LogP) is 4.48. The summed E-state index contributed by atoms with van der Waals surface area (Å²) in [7, 11) is 0. The third kappa shape index (κ3) is 6.20. The molecule has 0 fully saturated rings. The second-order valence-electron chi connectivity index (χ2n) is 9.26. The highest BCUT2D eigenvalue weighted by molar-refractivity contribution is 5.89. The molecule has 198 valence electrons. The predicted molar refractivity (Wildman–Crippen MR) is 143 cm³/mol. The molecule has 0 aliphatic heterocycles. The van der Waals surface area contributed by atoms with Crippen molar-refractivity contribution in [2.24, 2.45) is 0 Å². The Labute approximate surface area is 222 Å². The normalized spacial score (nSPS) is 14.5. The lowest BCUT2D eigenvalue weighted by atomic mass is 9.98. The van der Waals surface area contributed by atoms with Crippen LogP contribution < -0.4 is 10.6 Å². The monoisotopic (exact) mass is 516 g/mol. The van der Waals surface area contributed by atoms with Gasteiger partial charge in [0.2, 0.25) is 5.91 Å². The Bertz CT molecular complexity index is 1230. The zero-order valence-corrected chi connectivity index (χ0v) is 21.4. The number of alkyl carbamates (subject to hydrolysis) is 1. The Hall–Kier alpha value is -4.17. The fourth-order valence-electron chi connectivity index (χ4n) is 4.66. The van der Waals surface area contributed by atoms with Crippen LogP contribution in [0.5, 0.6) is 0 Å². The molecule has 3 aromatic carbocycles. The van der Waals surface area contributed by atoms with Crippen molar-refractivity contribution in [1.82, 2.24) is 10.6 Å². The quantitative estimate of drug-likeness (QED) is 0.346. The summed E-state index contributed by atoms with van der Waals surface area (Å²) in [6.45, 7) is 3.61. The van der Waals surface area contributed by atoms with Crippen LogP contribution in [-0.2, 0) is 25.7 Å². The summed E-state index contributed by atoms with van der Waals surface area (Å²) in [5.41, 5.74) is 5.26. The molecule has 3 atom stereocenters. The Morgan fingerprint density at radius 2 is 1.45 bits per heavy atom. The highest BCUT2D eigenvalue weighted by Gasteiger charge is 2.33. The van der Waals surface area contributed by atoms with Gasteiger partial charge in [0.15, 0.2) is 0 Å². The van der Waals surface area contributed by atoms with Gasteiger partial charge in [-0.3, -0.25) is 4.79 Å². The number of fused-ring (bicyclic) bond motifs is 3. The maximum atomic E-state index is 13.1. The van der Waals surface area contributed by atoms with E-state index < -0.39 is 36.2 Å². The molecule has 8 nitrogen and oxygen atoms in total. The lowest BCUT2D eigenvalue weighted by Gasteiger charge is -2.26. The van der Waals surface area contributed by atoms with Crippen molar-refractivity contribution < 1.29 is 29.0 Å². The van der Waals surface area contributed by atoms with Crippen LogP contribution >= 0.6 is 0 Å². The van der Waals surface area contributed by atoms with E-state index >= 15 is 0 Å². The largest absolute Gasteiger partial charge is 0.480 e. The average Bonchev–Trinajstić information content (AvgIpc) is 3.26. The number of carbonyl (C=O) groups is 3. The first-order valence-corrected chi connectivity index (χ1v) is 12.7. The average molecular weight is 517 g/mol. The molecule has 3 aromatic rings. The molecule has 3 N–H and O–H groups in total. The maximum absolute atomic E-state index is 13.1. The number of carboxylic acids is 1. The highest BCUT2D eigenvalue weighted by atomic mass is 16.5. The van der Waals surface area contributed by atoms with E-state index in [0.717, 1.165) is 27.8 Å².